The predicted molar refractivity (Wildman–Crippen MR) is 28.8 cm³/mol. The number of carbonyl (C=O) groups is 1. The Kier molecular flexibility index (Phi) is 17.0. The second kappa shape index (κ2) is 10.5. The first-order valence-corrected chi connectivity index (χ1v) is 7.21. The normalized spacial score (nSPS) is 6.86. The van der Waals surface area contributed by atoms with E-state index in [0.29, 0.717) is 0 Å². The first-order chi connectivity index (χ1) is 3.15. The van der Waals surface area contributed by atoms with Crippen LogP contribution in [0.25, 0.3) is 0 Å². The molecule has 0 aromatic carbocycles. The average molecular weight is 365 g/mol. The molecular weight excluding hydrogens is 365 g/mol. The number of rotatable bonds is 0. The quantitative estimate of drug-likeness (QED) is 0.604. The molecule has 0 saturated heterocycles. The summed E-state index contributed by atoms with van der Waals surface area (Å²) in [5, 5.41) is 0. The van der Waals surface area contributed by atoms with Crippen LogP contribution in [0.4, 0.5) is 4.79 Å². The number of halogens is 4. The van der Waals surface area contributed by atoms with Crippen LogP contribution in [0.3, 0.4) is 0 Å². The molecule has 0 atom stereocenters. The average Bonchev–Trinajstić information content (AvgIpc) is 1.33. The van der Waals surface area contributed by atoms with Gasteiger partial charge in [-0.1, -0.05) is 0 Å². The van der Waals surface area contributed by atoms with Crippen molar-refractivity contribution in [2.45, 2.75) is 0 Å². The topological polar surface area (TPSA) is 17.1 Å². The Morgan fingerprint density at radius 2 is 1.29 bits per heavy atom. The summed E-state index contributed by atoms with van der Waals surface area (Å²) < 4.78 is -0.889. The molecule has 0 amide bonds. The third-order valence-electron chi connectivity index (χ3n) is 0. The van der Waals surface area contributed by atoms with E-state index in [1.165, 1.54) is 0 Å². The van der Waals surface area contributed by atoms with Crippen LogP contribution in [-0.2, 0) is 16.5 Å². The van der Waals surface area contributed by atoms with Gasteiger partial charge < -0.3 is 0 Å². The van der Waals surface area contributed by atoms with Gasteiger partial charge in [-0.15, -0.1) is 0 Å². The molecule has 0 aromatic heterocycles. The summed E-state index contributed by atoms with van der Waals surface area (Å²) in [7, 11) is 9.75. The minimum absolute atomic E-state index is 0.472. The number of hydrogen-bond acceptors (Lipinski definition) is 1. The zero-order chi connectivity index (χ0) is 6.28. The molecule has 7 heavy (non-hydrogen) atoms. The van der Waals surface area contributed by atoms with Crippen molar-refractivity contribution in [3.63, 3.8) is 0 Å². The molecule has 0 rings (SSSR count). The zero-order valence-corrected chi connectivity index (χ0v) is 8.03. The second-order valence-electron chi connectivity index (χ2n) is 0.271. The van der Waals surface area contributed by atoms with Crippen molar-refractivity contribution in [3.8, 4) is 0 Å². The summed E-state index contributed by atoms with van der Waals surface area (Å²) in [5.41, 5.74) is 0. The van der Waals surface area contributed by atoms with Crippen LogP contribution >= 0.6 is 42.0 Å². The van der Waals surface area contributed by atoms with Crippen LogP contribution in [0.1, 0.15) is 0 Å². The van der Waals surface area contributed by atoms with Gasteiger partial charge in [0.05, 0.1) is 0 Å². The Morgan fingerprint density at radius 3 is 1.29 bits per heavy atom. The van der Waals surface area contributed by atoms with Crippen molar-refractivity contribution in [2.24, 2.45) is 0 Å². The van der Waals surface area contributed by atoms with E-state index in [1.807, 2.05) is 0 Å². The minimum atomic E-state index is -0.889. The summed E-state index contributed by atoms with van der Waals surface area (Å²) >= 11 is 8.33. The SMILES string of the molecule is O=C(Cl)Cl.[Cl][Pt][Cl]. The molecule has 0 N–H and O–H groups in total. The van der Waals surface area contributed by atoms with Crippen molar-refractivity contribution in [2.75, 3.05) is 0 Å². The summed E-state index contributed by atoms with van der Waals surface area (Å²) in [4.78, 5) is 8.98. The van der Waals surface area contributed by atoms with E-state index in [-0.39, 0.29) is 0 Å². The number of carbonyl (C=O) groups excluding carboxylic acids is 1. The maximum absolute atomic E-state index is 8.98. The molecule has 0 aromatic rings. The Hall–Kier alpha value is 1.52. The summed E-state index contributed by atoms with van der Waals surface area (Å²) in [6.45, 7) is 0. The Labute approximate surface area is 67.6 Å². The van der Waals surface area contributed by atoms with Crippen LogP contribution < -0.4 is 0 Å². The van der Waals surface area contributed by atoms with Gasteiger partial charge in [-0.05, 0) is 23.2 Å². The first-order valence-electron chi connectivity index (χ1n) is 0.821. The fourth-order valence-electron chi connectivity index (χ4n) is 0. The molecule has 0 bridgehead atoms. The molecule has 0 saturated carbocycles. The summed E-state index contributed by atoms with van der Waals surface area (Å²) in [5.74, 6) is 0. The molecule has 0 unspecified atom stereocenters. The van der Waals surface area contributed by atoms with E-state index in [4.69, 9.17) is 23.6 Å². The van der Waals surface area contributed by atoms with Gasteiger partial charge >= 0.3 is 40.0 Å². The maximum atomic E-state index is 8.98. The van der Waals surface area contributed by atoms with Crippen LogP contribution in [0.5, 0.6) is 0 Å². The van der Waals surface area contributed by atoms with Crippen LogP contribution in [0.2, 0.25) is 0 Å². The van der Waals surface area contributed by atoms with Crippen molar-refractivity contribution < 1.29 is 21.3 Å². The molecule has 0 fully saturated rings. The van der Waals surface area contributed by atoms with Crippen molar-refractivity contribution in [1.82, 2.24) is 0 Å². The van der Waals surface area contributed by atoms with E-state index in [1.54, 1.807) is 0 Å². The van der Waals surface area contributed by atoms with E-state index in [0.717, 1.165) is 0 Å². The monoisotopic (exact) mass is 363 g/mol. The van der Waals surface area contributed by atoms with Crippen LogP contribution in [0, 0.1) is 0 Å². The predicted octanol–water partition coefficient (Wildman–Crippen LogP) is 2.96. The van der Waals surface area contributed by atoms with Gasteiger partial charge in [-0.2, -0.15) is 0 Å². The standard InChI is InChI=1S/CCl2O.2ClH.Pt/c2-1(3)4;;;/h;2*1H;/q;;;+2/p-2. The molecule has 0 heterocycles. The van der Waals surface area contributed by atoms with Gasteiger partial charge in [0.1, 0.15) is 0 Å². The van der Waals surface area contributed by atoms with Gasteiger partial charge in [-0.3, -0.25) is 4.79 Å². The van der Waals surface area contributed by atoms with Gasteiger partial charge in [0, 0.05) is 0 Å². The van der Waals surface area contributed by atoms with E-state index in [2.05, 4.69) is 23.2 Å². The van der Waals surface area contributed by atoms with E-state index >= 15 is 0 Å². The molecule has 48 valence electrons. The molecular formula is CCl4OPt. The molecule has 0 radical (unpaired) electrons. The van der Waals surface area contributed by atoms with Gasteiger partial charge in [-0.25, -0.2) is 0 Å². The molecule has 6 heteroatoms. The second-order valence-corrected chi connectivity index (χ2v) is 4.43. The van der Waals surface area contributed by atoms with Gasteiger partial charge in [0.2, 0.25) is 0 Å². The Bertz CT molecular complexity index is 43.0. The summed E-state index contributed by atoms with van der Waals surface area (Å²) in [6.07, 6.45) is 0. The fraction of sp³-hybridized carbons (Fsp3) is 0. The third kappa shape index (κ3) is 99.3. The summed E-state index contributed by atoms with van der Waals surface area (Å²) in [6, 6.07) is 0. The van der Waals surface area contributed by atoms with Crippen molar-refractivity contribution >= 4 is 46.7 Å². The number of hydrogen-bond donors (Lipinski definition) is 0. The van der Waals surface area contributed by atoms with E-state index < -0.39 is 21.2 Å². The Balaban J connectivity index is 0. The molecule has 1 nitrogen and oxygen atoms in total. The van der Waals surface area contributed by atoms with Crippen LogP contribution in [-0.4, -0.2) is 4.70 Å². The van der Waals surface area contributed by atoms with E-state index in [9.17, 15) is 0 Å². The Morgan fingerprint density at radius 1 is 1.29 bits per heavy atom. The third-order valence-corrected chi connectivity index (χ3v) is 0. The zero-order valence-electron chi connectivity index (χ0n) is 2.74. The van der Waals surface area contributed by atoms with Gasteiger partial charge in [0.15, 0.2) is 0 Å². The molecule has 0 aliphatic rings. The van der Waals surface area contributed by atoms with Crippen molar-refractivity contribution in [1.29, 1.82) is 0 Å². The van der Waals surface area contributed by atoms with Crippen LogP contribution in [0.15, 0.2) is 0 Å². The van der Waals surface area contributed by atoms with Gasteiger partial charge in [0.25, 0.3) is 0 Å². The first kappa shape index (κ1) is 11.3. The molecule has 0 aliphatic carbocycles. The molecule has 0 aliphatic heterocycles. The van der Waals surface area contributed by atoms with Crippen molar-refractivity contribution in [3.05, 3.63) is 0 Å². The molecule has 0 spiro atoms. The fourth-order valence-corrected chi connectivity index (χ4v) is 0.